The second kappa shape index (κ2) is 6.65. The predicted molar refractivity (Wildman–Crippen MR) is 75.2 cm³/mol. The van der Waals surface area contributed by atoms with Crippen molar-refractivity contribution in [3.63, 3.8) is 0 Å². The number of carbonyl (C=O) groups excluding carboxylic acids is 1. The Morgan fingerprint density at radius 1 is 1.19 bits per heavy atom. The molecule has 0 radical (unpaired) electrons. The number of carboxylic acid groups (broad SMARTS) is 1. The first-order valence-corrected chi connectivity index (χ1v) is 6.50. The maximum atomic E-state index is 12.2. The van der Waals surface area contributed by atoms with Crippen molar-refractivity contribution in [3.05, 3.63) is 42.5 Å². The van der Waals surface area contributed by atoms with Crippen LogP contribution in [0.1, 0.15) is 23.2 Å². The van der Waals surface area contributed by atoms with Crippen molar-refractivity contribution >= 4 is 11.9 Å². The van der Waals surface area contributed by atoms with Crippen molar-refractivity contribution in [1.82, 2.24) is 19.7 Å². The molecule has 0 spiro atoms. The molecule has 7 nitrogen and oxygen atoms in total. The fourth-order valence-electron chi connectivity index (χ4n) is 1.90. The topological polar surface area (TPSA) is 88.3 Å². The van der Waals surface area contributed by atoms with Crippen LogP contribution in [0.2, 0.25) is 0 Å². The molecule has 7 heteroatoms. The number of carboxylic acids is 1. The minimum absolute atomic E-state index is 0.0597. The zero-order valence-electron chi connectivity index (χ0n) is 11.6. The Morgan fingerprint density at radius 3 is 2.38 bits per heavy atom. The van der Waals surface area contributed by atoms with E-state index < -0.39 is 5.97 Å². The smallest absolute Gasteiger partial charge is 0.303 e. The molecule has 0 saturated carbocycles. The molecule has 0 aliphatic rings. The summed E-state index contributed by atoms with van der Waals surface area (Å²) >= 11 is 0. The zero-order chi connectivity index (χ0) is 15.2. The van der Waals surface area contributed by atoms with E-state index in [4.69, 9.17) is 5.11 Å². The van der Waals surface area contributed by atoms with Crippen LogP contribution in [0.4, 0.5) is 0 Å². The molecule has 1 aromatic carbocycles. The second-order valence-corrected chi connectivity index (χ2v) is 4.64. The summed E-state index contributed by atoms with van der Waals surface area (Å²) in [7, 11) is 1.66. The summed E-state index contributed by atoms with van der Waals surface area (Å²) in [5.41, 5.74) is 1.43. The van der Waals surface area contributed by atoms with Gasteiger partial charge in [0.25, 0.3) is 5.91 Å². The van der Waals surface area contributed by atoms with Crippen molar-refractivity contribution in [3.8, 4) is 5.69 Å². The maximum absolute atomic E-state index is 12.2. The second-order valence-electron chi connectivity index (χ2n) is 4.64. The van der Waals surface area contributed by atoms with Crippen LogP contribution in [0.15, 0.2) is 36.9 Å². The molecule has 0 aliphatic heterocycles. The van der Waals surface area contributed by atoms with E-state index in [0.29, 0.717) is 18.5 Å². The van der Waals surface area contributed by atoms with Gasteiger partial charge in [-0.3, -0.25) is 14.2 Å². The highest BCUT2D eigenvalue weighted by Gasteiger charge is 2.12. The lowest BCUT2D eigenvalue weighted by Crippen LogP contribution is -2.28. The van der Waals surface area contributed by atoms with E-state index in [1.807, 2.05) is 12.1 Å². The maximum Gasteiger partial charge on any atom is 0.303 e. The number of amides is 1. The van der Waals surface area contributed by atoms with Gasteiger partial charge in [0.2, 0.25) is 0 Å². The Kier molecular flexibility index (Phi) is 4.65. The Labute approximate surface area is 121 Å². The largest absolute Gasteiger partial charge is 0.481 e. The van der Waals surface area contributed by atoms with Crippen molar-refractivity contribution in [2.75, 3.05) is 13.6 Å². The van der Waals surface area contributed by atoms with Gasteiger partial charge in [0.15, 0.2) is 0 Å². The van der Waals surface area contributed by atoms with Crippen LogP contribution in [-0.4, -0.2) is 50.2 Å². The lowest BCUT2D eigenvalue weighted by molar-refractivity contribution is -0.137. The predicted octanol–water partition coefficient (Wildman–Crippen LogP) is 1.20. The fourth-order valence-corrected chi connectivity index (χ4v) is 1.90. The summed E-state index contributed by atoms with van der Waals surface area (Å²) in [6, 6.07) is 7.07. The van der Waals surface area contributed by atoms with Crippen LogP contribution in [0.5, 0.6) is 0 Å². The first-order valence-electron chi connectivity index (χ1n) is 6.50. The number of benzene rings is 1. The number of nitrogens with zero attached hydrogens (tertiary/aromatic N) is 4. The normalized spacial score (nSPS) is 10.3. The zero-order valence-corrected chi connectivity index (χ0v) is 11.6. The molecule has 1 amide bonds. The van der Waals surface area contributed by atoms with Crippen LogP contribution in [-0.2, 0) is 4.79 Å². The lowest BCUT2D eigenvalue weighted by Gasteiger charge is -2.16. The number of hydrogen-bond acceptors (Lipinski definition) is 4. The first kappa shape index (κ1) is 14.7. The summed E-state index contributed by atoms with van der Waals surface area (Å²) in [4.78, 5) is 24.1. The molecule has 0 saturated heterocycles. The molecule has 0 atom stereocenters. The van der Waals surface area contributed by atoms with Crippen molar-refractivity contribution in [2.45, 2.75) is 12.8 Å². The van der Waals surface area contributed by atoms with Gasteiger partial charge in [-0.15, -0.1) is 10.2 Å². The van der Waals surface area contributed by atoms with E-state index in [-0.39, 0.29) is 12.3 Å². The molecule has 1 aromatic heterocycles. The van der Waals surface area contributed by atoms with Gasteiger partial charge in [-0.2, -0.15) is 0 Å². The molecule has 0 unspecified atom stereocenters. The van der Waals surface area contributed by atoms with Crippen molar-refractivity contribution < 1.29 is 14.7 Å². The summed E-state index contributed by atoms with van der Waals surface area (Å²) in [5, 5.41) is 16.0. The van der Waals surface area contributed by atoms with Crippen LogP contribution < -0.4 is 0 Å². The SMILES string of the molecule is CN(CCCC(=O)O)C(=O)c1ccc(-n2cnnc2)cc1. The standard InChI is InChI=1S/C14H16N4O3/c1-17(8-2-3-13(19)20)14(21)11-4-6-12(7-5-11)18-9-15-16-10-18/h4-7,9-10H,2-3,8H2,1H3,(H,19,20). The summed E-state index contributed by atoms with van der Waals surface area (Å²) in [5.74, 6) is -0.982. The van der Waals surface area contributed by atoms with E-state index >= 15 is 0 Å². The number of aliphatic carboxylic acids is 1. The van der Waals surface area contributed by atoms with E-state index in [9.17, 15) is 9.59 Å². The molecular weight excluding hydrogens is 272 g/mol. The number of hydrogen-bond donors (Lipinski definition) is 1. The number of aromatic nitrogens is 3. The molecular formula is C14H16N4O3. The average Bonchev–Trinajstić information content (AvgIpc) is 3.00. The lowest BCUT2D eigenvalue weighted by atomic mass is 10.1. The van der Waals surface area contributed by atoms with E-state index in [2.05, 4.69) is 10.2 Å². The van der Waals surface area contributed by atoms with Gasteiger partial charge in [0.05, 0.1) is 0 Å². The molecule has 2 rings (SSSR count). The molecule has 2 aromatic rings. The third-order valence-corrected chi connectivity index (χ3v) is 3.06. The summed E-state index contributed by atoms with van der Waals surface area (Å²) in [6.45, 7) is 0.415. The van der Waals surface area contributed by atoms with E-state index in [1.165, 1.54) is 4.90 Å². The van der Waals surface area contributed by atoms with Gasteiger partial charge >= 0.3 is 5.97 Å². The van der Waals surface area contributed by atoms with Crippen LogP contribution in [0.3, 0.4) is 0 Å². The Morgan fingerprint density at radius 2 is 1.81 bits per heavy atom. The van der Waals surface area contributed by atoms with Crippen molar-refractivity contribution in [2.24, 2.45) is 0 Å². The van der Waals surface area contributed by atoms with E-state index in [1.54, 1.807) is 36.4 Å². The molecule has 1 N–H and O–H groups in total. The highest BCUT2D eigenvalue weighted by molar-refractivity contribution is 5.94. The van der Waals surface area contributed by atoms with Gasteiger partial charge in [-0.05, 0) is 30.7 Å². The highest BCUT2D eigenvalue weighted by Crippen LogP contribution is 2.10. The monoisotopic (exact) mass is 288 g/mol. The Balaban J connectivity index is 1.97. The number of carbonyl (C=O) groups is 2. The van der Waals surface area contributed by atoms with Crippen LogP contribution in [0.25, 0.3) is 5.69 Å². The summed E-state index contributed by atoms with van der Waals surface area (Å²) < 4.78 is 1.74. The first-order chi connectivity index (χ1) is 10.1. The van der Waals surface area contributed by atoms with Crippen molar-refractivity contribution in [1.29, 1.82) is 0 Å². The molecule has 0 bridgehead atoms. The Bertz CT molecular complexity index is 608. The Hall–Kier alpha value is -2.70. The molecule has 21 heavy (non-hydrogen) atoms. The minimum atomic E-state index is -0.853. The number of rotatable bonds is 6. The average molecular weight is 288 g/mol. The van der Waals surface area contributed by atoms with Crippen LogP contribution in [0, 0.1) is 0 Å². The van der Waals surface area contributed by atoms with Gasteiger partial charge in [0, 0.05) is 31.3 Å². The minimum Gasteiger partial charge on any atom is -0.481 e. The van der Waals surface area contributed by atoms with Gasteiger partial charge in [0.1, 0.15) is 12.7 Å². The molecule has 0 aliphatic carbocycles. The quantitative estimate of drug-likeness (QED) is 0.863. The fraction of sp³-hybridized carbons (Fsp3) is 0.286. The van der Waals surface area contributed by atoms with E-state index in [0.717, 1.165) is 5.69 Å². The van der Waals surface area contributed by atoms with Gasteiger partial charge in [-0.25, -0.2) is 0 Å². The molecule has 0 fully saturated rings. The van der Waals surface area contributed by atoms with Gasteiger partial charge in [-0.1, -0.05) is 0 Å². The summed E-state index contributed by atoms with van der Waals surface area (Å²) in [6.07, 6.45) is 3.66. The third kappa shape index (κ3) is 3.88. The van der Waals surface area contributed by atoms with Crippen LogP contribution >= 0.6 is 0 Å². The molecule has 110 valence electrons. The highest BCUT2D eigenvalue weighted by atomic mass is 16.4. The van der Waals surface area contributed by atoms with Gasteiger partial charge < -0.3 is 10.0 Å². The molecule has 1 heterocycles. The third-order valence-electron chi connectivity index (χ3n) is 3.06.